The van der Waals surface area contributed by atoms with Crippen LogP contribution in [0.5, 0.6) is 5.75 Å². The van der Waals surface area contributed by atoms with Crippen molar-refractivity contribution >= 4 is 91.0 Å². The lowest BCUT2D eigenvalue weighted by molar-refractivity contribution is -0.136. The van der Waals surface area contributed by atoms with Crippen molar-refractivity contribution in [3.63, 3.8) is 0 Å². The first-order valence-corrected chi connectivity index (χ1v) is 29.4. The van der Waals surface area contributed by atoms with E-state index in [1.54, 1.807) is 62.4 Å². The molecule has 0 saturated carbocycles. The fraction of sp³-hybridized carbons (Fsp3) is 0.379. The third-order valence-corrected chi connectivity index (χ3v) is 15.8. The number of phenolic OH excluding ortho intramolecular Hbond substituents is 1. The highest BCUT2D eigenvalue weighted by Gasteiger charge is 2.36. The summed E-state index contributed by atoms with van der Waals surface area (Å²) < 4.78 is 0. The number of azo groups is 1. The molecule has 0 aliphatic carbocycles. The Morgan fingerprint density at radius 3 is 1.80 bits per heavy atom. The van der Waals surface area contributed by atoms with E-state index in [1.165, 1.54) is 19.1 Å². The molecule has 1 heterocycles. The second kappa shape index (κ2) is 31.3. The van der Waals surface area contributed by atoms with Gasteiger partial charge in [0.15, 0.2) is 0 Å². The number of rotatable bonds is 19. The number of benzene rings is 5. The summed E-state index contributed by atoms with van der Waals surface area (Å²) in [6.45, 7) is 4.82. The lowest BCUT2D eigenvalue weighted by atomic mass is 10.00. The van der Waals surface area contributed by atoms with E-state index in [4.69, 9.17) is 17.2 Å². The quantitative estimate of drug-likeness (QED) is 0.0322. The molecule has 82 heavy (non-hydrogen) atoms. The molecular weight excluding hydrogens is 1090 g/mol. The highest BCUT2D eigenvalue weighted by molar-refractivity contribution is 8.76. The Labute approximate surface area is 483 Å². The van der Waals surface area contributed by atoms with Crippen LogP contribution in [-0.2, 0) is 57.6 Å². The fourth-order valence-electron chi connectivity index (χ4n) is 8.73. The van der Waals surface area contributed by atoms with E-state index in [9.17, 15) is 48.6 Å². The molecule has 22 nitrogen and oxygen atoms in total. The third kappa shape index (κ3) is 19.4. The van der Waals surface area contributed by atoms with Crippen molar-refractivity contribution in [2.24, 2.45) is 33.3 Å². The summed E-state index contributed by atoms with van der Waals surface area (Å²) in [4.78, 5) is 114. The van der Waals surface area contributed by atoms with E-state index in [0.29, 0.717) is 35.3 Å². The van der Waals surface area contributed by atoms with Gasteiger partial charge in [0.1, 0.15) is 48.0 Å². The van der Waals surface area contributed by atoms with Crippen LogP contribution in [0.25, 0.3) is 10.8 Å². The number of primary amides is 1. The monoisotopic (exact) mass is 1160 g/mol. The number of aromatic hydroxyl groups is 1. The number of phenols is 1. The Kier molecular flexibility index (Phi) is 24.2. The van der Waals surface area contributed by atoms with Crippen LogP contribution in [0.4, 0.5) is 11.4 Å². The first kappa shape index (κ1) is 63.3. The molecule has 5 aromatic carbocycles. The molecule has 1 saturated heterocycles. The van der Waals surface area contributed by atoms with Crippen LogP contribution >= 0.6 is 21.6 Å². The minimum Gasteiger partial charge on any atom is -0.508 e. The zero-order chi connectivity index (χ0) is 59.3. The number of unbranched alkanes of at least 4 members (excludes halogenated alkanes) is 1. The highest BCUT2D eigenvalue weighted by atomic mass is 33.1. The zero-order valence-corrected chi connectivity index (χ0v) is 47.4. The number of nitrogens with zero attached hydrogens (tertiary/aromatic N) is 2. The number of hydrogen-bond acceptors (Lipinski definition) is 16. The predicted molar refractivity (Wildman–Crippen MR) is 315 cm³/mol. The van der Waals surface area contributed by atoms with Gasteiger partial charge in [-0.25, -0.2) is 0 Å². The van der Waals surface area contributed by atoms with Crippen LogP contribution in [0.3, 0.4) is 0 Å². The van der Waals surface area contributed by atoms with Gasteiger partial charge in [-0.1, -0.05) is 120 Å². The number of aliphatic hydroxyl groups is 1. The molecule has 1 aliphatic rings. The van der Waals surface area contributed by atoms with Crippen molar-refractivity contribution in [2.75, 3.05) is 18.1 Å². The second-order valence-corrected chi connectivity index (χ2v) is 22.8. The molecule has 15 N–H and O–H groups in total. The van der Waals surface area contributed by atoms with Gasteiger partial charge in [-0.05, 0) is 109 Å². The summed E-state index contributed by atoms with van der Waals surface area (Å²) >= 11 is 0. The number of aliphatic hydroxyl groups excluding tert-OH is 1. The average molecular weight is 1160 g/mol. The lowest BCUT2D eigenvalue weighted by Gasteiger charge is -2.29. The van der Waals surface area contributed by atoms with E-state index in [-0.39, 0.29) is 49.5 Å². The maximum atomic E-state index is 14.9. The summed E-state index contributed by atoms with van der Waals surface area (Å²) in [6, 6.07) is 24.1. The first-order chi connectivity index (χ1) is 39.3. The van der Waals surface area contributed by atoms with Crippen molar-refractivity contribution in [1.29, 1.82) is 0 Å². The molecule has 9 atom stereocenters. The molecule has 6 rings (SSSR count). The third-order valence-electron chi connectivity index (χ3n) is 13.4. The molecule has 0 unspecified atom stereocenters. The van der Waals surface area contributed by atoms with Crippen LogP contribution in [0, 0.1) is 5.92 Å². The zero-order valence-electron chi connectivity index (χ0n) is 45.8. The summed E-state index contributed by atoms with van der Waals surface area (Å²) in [7, 11) is 2.01. The second-order valence-electron chi connectivity index (χ2n) is 20.3. The van der Waals surface area contributed by atoms with Crippen molar-refractivity contribution in [3.8, 4) is 5.75 Å². The molecule has 0 aromatic heterocycles. The topological polar surface area (TPSA) is 364 Å². The van der Waals surface area contributed by atoms with Gasteiger partial charge in [0.05, 0.1) is 23.5 Å². The lowest BCUT2D eigenvalue weighted by Crippen LogP contribution is -2.62. The molecule has 8 amide bonds. The summed E-state index contributed by atoms with van der Waals surface area (Å²) in [5, 5.41) is 49.9. The number of amides is 8. The Balaban J connectivity index is 1.39. The minimum absolute atomic E-state index is 0.0499. The van der Waals surface area contributed by atoms with Gasteiger partial charge in [-0.15, -0.1) is 0 Å². The van der Waals surface area contributed by atoms with Crippen LogP contribution in [0.15, 0.2) is 132 Å². The normalized spacial score (nSPS) is 21.0. The van der Waals surface area contributed by atoms with Crippen LogP contribution < -0.4 is 54.4 Å². The highest BCUT2D eigenvalue weighted by Crippen LogP contribution is 2.25. The Morgan fingerprint density at radius 2 is 1.20 bits per heavy atom. The smallest absolute Gasteiger partial charge is 0.244 e. The van der Waals surface area contributed by atoms with Gasteiger partial charge in [0.2, 0.25) is 47.3 Å². The van der Waals surface area contributed by atoms with Gasteiger partial charge in [0, 0.05) is 24.3 Å². The Bertz CT molecular complexity index is 3030. The van der Waals surface area contributed by atoms with Gasteiger partial charge in [-0.3, -0.25) is 38.4 Å². The number of fused-ring (bicyclic) bond motifs is 1. The molecule has 0 bridgehead atoms. The number of carbonyl (C=O) groups is 8. The van der Waals surface area contributed by atoms with Gasteiger partial charge < -0.3 is 64.6 Å². The maximum Gasteiger partial charge on any atom is 0.244 e. The number of nitrogens with one attached hydrogen (secondary N) is 7. The largest absolute Gasteiger partial charge is 0.508 e. The molecular formula is C58H72N12O10S2. The van der Waals surface area contributed by atoms with Crippen molar-refractivity contribution in [2.45, 2.75) is 114 Å². The molecule has 0 radical (unpaired) electrons. The molecule has 1 aliphatic heterocycles. The standard InChI is InChI=1S/C58H72N12O10S2/c1-33(2)49-58(80)66-48(57(79)68-50(34(3)71)51(61)73)32-82-81-31-47(65-52(74)43(60)28-37-16-21-38-11-7-8-12-39(38)27-37)56(78)64-46(30-36-19-24-42(72)25-20-36)55(77)63-45(54(76)62-44(53(75)67-49)15-9-10-26-59)29-35-17-22-41(23-18-35)70-69-40-13-5-4-6-14-40/h4-8,11-14,16-25,27,33-34,43-50,71-72H,9-10,15,26,28-32,59-60H2,1-3H3,(H2,61,73)(H,62,76)(H,63,77)(H,64,78)(H,65,74)(H,66,80)(H,67,75)(H,68,79)/b70-69+/t34-,43-,44+,45-,46+,47+,48+,49+,50+/m1/s1. The molecule has 0 spiro atoms. The summed E-state index contributed by atoms with van der Waals surface area (Å²) in [5.74, 6) is -7.84. The summed E-state index contributed by atoms with van der Waals surface area (Å²) in [5.41, 5.74) is 20.8. The number of nitrogens with two attached hydrogens (primary N) is 3. The number of carbonyl (C=O) groups excluding carboxylic acids is 8. The van der Waals surface area contributed by atoms with Gasteiger partial charge in [-0.2, -0.15) is 10.2 Å². The maximum absolute atomic E-state index is 14.9. The van der Waals surface area contributed by atoms with Crippen LogP contribution in [-0.4, -0.2) is 130 Å². The van der Waals surface area contributed by atoms with E-state index in [1.807, 2.05) is 60.7 Å². The van der Waals surface area contributed by atoms with E-state index in [0.717, 1.165) is 37.9 Å². The van der Waals surface area contributed by atoms with Crippen molar-refractivity contribution < 1.29 is 48.6 Å². The predicted octanol–water partition coefficient (Wildman–Crippen LogP) is 2.76. The Morgan fingerprint density at radius 1 is 0.646 bits per heavy atom. The number of hydrogen-bond donors (Lipinski definition) is 12. The van der Waals surface area contributed by atoms with Crippen LogP contribution in [0.1, 0.15) is 56.7 Å². The van der Waals surface area contributed by atoms with Crippen molar-refractivity contribution in [1.82, 2.24) is 37.2 Å². The fourth-order valence-corrected chi connectivity index (χ4v) is 11.1. The molecule has 436 valence electrons. The summed E-state index contributed by atoms with van der Waals surface area (Å²) in [6.07, 6.45) is -0.788. The van der Waals surface area contributed by atoms with Gasteiger partial charge >= 0.3 is 0 Å². The first-order valence-electron chi connectivity index (χ1n) is 26.9. The molecule has 24 heteroatoms. The Hall–Kier alpha value is -7.90. The van der Waals surface area contributed by atoms with E-state index in [2.05, 4.69) is 47.4 Å². The van der Waals surface area contributed by atoms with E-state index < -0.39 is 108 Å². The van der Waals surface area contributed by atoms with Gasteiger partial charge in [0.25, 0.3) is 0 Å². The van der Waals surface area contributed by atoms with Crippen LogP contribution in [0.2, 0.25) is 0 Å². The van der Waals surface area contributed by atoms with Crippen molar-refractivity contribution in [3.05, 3.63) is 138 Å². The average Bonchev–Trinajstić information content (AvgIpc) is 3.62. The minimum atomic E-state index is -1.56. The molecule has 5 aromatic rings. The SMILES string of the molecule is CC(C)[C@@H]1NC(=O)[C@H](CCCCN)NC(=O)[C@@H](Cc2ccc(/N=N/c3ccccc3)cc2)NC(=O)[C@H](Cc2ccc(O)cc2)NC(=O)[C@@H](NC(=O)[C@H](N)Cc2ccc3ccccc3c2)CSSC[C@@H](C(=O)N[C@H](C(N)=O)[C@@H](C)O)NC1=O. The molecule has 1 fully saturated rings. The van der Waals surface area contributed by atoms with E-state index >= 15 is 0 Å².